The number of nitrogens with one attached hydrogen (secondary N) is 1. The molecule has 0 saturated heterocycles. The van der Waals surface area contributed by atoms with Gasteiger partial charge in [-0.1, -0.05) is 56.3 Å². The van der Waals surface area contributed by atoms with E-state index >= 15 is 0 Å². The summed E-state index contributed by atoms with van der Waals surface area (Å²) in [5, 5.41) is 3.05. The molecule has 0 aromatic heterocycles. The first kappa shape index (κ1) is 25.8. The van der Waals surface area contributed by atoms with Crippen molar-refractivity contribution >= 4 is 23.6 Å². The van der Waals surface area contributed by atoms with Crippen LogP contribution in [0.15, 0.2) is 54.6 Å². The van der Waals surface area contributed by atoms with E-state index in [4.69, 9.17) is 4.74 Å². The predicted molar refractivity (Wildman–Crippen MR) is 133 cm³/mol. The smallest absolute Gasteiger partial charge is 0.243 e. The number of amides is 2. The first-order valence-electron chi connectivity index (χ1n) is 11.3. The molecule has 0 unspecified atom stereocenters. The van der Waals surface area contributed by atoms with Gasteiger partial charge in [0, 0.05) is 30.5 Å². The highest BCUT2D eigenvalue weighted by molar-refractivity contribution is 7.98. The summed E-state index contributed by atoms with van der Waals surface area (Å²) >= 11 is 1.74. The van der Waals surface area contributed by atoms with Gasteiger partial charge in [-0.2, -0.15) is 11.8 Å². The van der Waals surface area contributed by atoms with Crippen LogP contribution in [0.5, 0.6) is 5.75 Å². The zero-order valence-corrected chi connectivity index (χ0v) is 20.5. The number of carbonyl (C=O) groups is 2. The van der Waals surface area contributed by atoms with Crippen LogP contribution in [0.25, 0.3) is 0 Å². The maximum absolute atomic E-state index is 13.3. The number of benzene rings is 2. The second kappa shape index (κ2) is 13.8. The Morgan fingerprint density at radius 3 is 2.41 bits per heavy atom. The molecule has 0 fully saturated rings. The highest BCUT2D eigenvalue weighted by atomic mass is 32.2. The highest BCUT2D eigenvalue weighted by Crippen LogP contribution is 2.19. The summed E-state index contributed by atoms with van der Waals surface area (Å²) in [5.41, 5.74) is 2.20. The lowest BCUT2D eigenvalue weighted by Gasteiger charge is -2.31. The third-order valence-electron chi connectivity index (χ3n) is 5.45. The van der Waals surface area contributed by atoms with Crippen LogP contribution in [0.1, 0.15) is 51.2 Å². The lowest BCUT2D eigenvalue weighted by molar-refractivity contribution is -0.141. The van der Waals surface area contributed by atoms with Crippen molar-refractivity contribution < 1.29 is 14.3 Å². The first-order chi connectivity index (χ1) is 15.5. The van der Waals surface area contributed by atoms with Crippen molar-refractivity contribution in [2.24, 2.45) is 0 Å². The summed E-state index contributed by atoms with van der Waals surface area (Å²) < 4.78 is 5.33. The van der Waals surface area contributed by atoms with Crippen LogP contribution in [-0.4, -0.2) is 41.7 Å². The minimum absolute atomic E-state index is 0.000432. The average Bonchev–Trinajstić information content (AvgIpc) is 2.82. The molecule has 0 bridgehead atoms. The van der Waals surface area contributed by atoms with Gasteiger partial charge in [-0.3, -0.25) is 9.59 Å². The molecule has 5 nitrogen and oxygen atoms in total. The molecule has 2 amide bonds. The number of methoxy groups -OCH3 is 1. The van der Waals surface area contributed by atoms with E-state index in [1.54, 1.807) is 23.8 Å². The van der Waals surface area contributed by atoms with Crippen LogP contribution in [0.4, 0.5) is 0 Å². The van der Waals surface area contributed by atoms with Gasteiger partial charge in [-0.25, -0.2) is 0 Å². The topological polar surface area (TPSA) is 58.6 Å². The van der Waals surface area contributed by atoms with E-state index in [2.05, 4.69) is 17.4 Å². The van der Waals surface area contributed by atoms with E-state index in [9.17, 15) is 9.59 Å². The van der Waals surface area contributed by atoms with Crippen molar-refractivity contribution in [3.63, 3.8) is 0 Å². The molecule has 0 aliphatic carbocycles. The van der Waals surface area contributed by atoms with Crippen LogP contribution in [0, 0.1) is 0 Å². The Morgan fingerprint density at radius 2 is 1.75 bits per heavy atom. The summed E-state index contributed by atoms with van der Waals surface area (Å²) in [6.45, 7) is 6.36. The monoisotopic (exact) mass is 456 g/mol. The minimum Gasteiger partial charge on any atom is -0.497 e. The van der Waals surface area contributed by atoms with Crippen molar-refractivity contribution in [2.75, 3.05) is 12.9 Å². The molecule has 2 aromatic rings. The molecule has 32 heavy (non-hydrogen) atoms. The predicted octanol–water partition coefficient (Wildman–Crippen LogP) is 5.04. The fourth-order valence-corrected chi connectivity index (χ4v) is 4.29. The summed E-state index contributed by atoms with van der Waals surface area (Å²) in [6.07, 6.45) is 1.81. The van der Waals surface area contributed by atoms with Crippen molar-refractivity contribution in [3.05, 3.63) is 65.7 Å². The number of nitrogens with zero attached hydrogens (tertiary/aromatic N) is 1. The Balaban J connectivity index is 2.09. The first-order valence-corrected chi connectivity index (χ1v) is 12.5. The van der Waals surface area contributed by atoms with Crippen molar-refractivity contribution in [1.29, 1.82) is 0 Å². The number of hydrogen-bond acceptors (Lipinski definition) is 4. The van der Waals surface area contributed by atoms with Gasteiger partial charge in [0.25, 0.3) is 0 Å². The van der Waals surface area contributed by atoms with E-state index in [1.807, 2.05) is 63.2 Å². The van der Waals surface area contributed by atoms with E-state index < -0.39 is 6.04 Å². The van der Waals surface area contributed by atoms with Crippen molar-refractivity contribution in [2.45, 2.75) is 64.4 Å². The molecule has 2 atom stereocenters. The van der Waals surface area contributed by atoms with Gasteiger partial charge >= 0.3 is 0 Å². The number of hydrogen-bond donors (Lipinski definition) is 1. The normalized spacial score (nSPS) is 12.6. The van der Waals surface area contributed by atoms with Crippen LogP contribution in [-0.2, 0) is 21.9 Å². The van der Waals surface area contributed by atoms with Crippen LogP contribution in [0.2, 0.25) is 0 Å². The molecule has 2 rings (SSSR count). The zero-order chi connectivity index (χ0) is 23.3. The van der Waals surface area contributed by atoms with Gasteiger partial charge in [0.15, 0.2) is 0 Å². The van der Waals surface area contributed by atoms with Gasteiger partial charge in [-0.15, -0.1) is 0 Å². The molecule has 0 spiro atoms. The SMILES string of the molecule is CC[C@@H](C)NC(=O)[C@H](CC)N(Cc1cccc(OC)c1)C(=O)CCSCc1ccccc1. The maximum atomic E-state index is 13.3. The van der Waals surface area contributed by atoms with E-state index in [0.717, 1.165) is 23.5 Å². The fourth-order valence-electron chi connectivity index (χ4n) is 3.40. The molecule has 0 aliphatic rings. The second-order valence-electron chi connectivity index (χ2n) is 7.90. The molecule has 0 saturated carbocycles. The Labute approximate surface area is 196 Å². The Morgan fingerprint density at radius 1 is 1.03 bits per heavy atom. The summed E-state index contributed by atoms with van der Waals surface area (Å²) in [4.78, 5) is 28.0. The quantitative estimate of drug-likeness (QED) is 0.429. The molecule has 1 N–H and O–H groups in total. The molecular weight excluding hydrogens is 420 g/mol. The van der Waals surface area contributed by atoms with Crippen LogP contribution < -0.4 is 10.1 Å². The Bertz CT molecular complexity index is 844. The zero-order valence-electron chi connectivity index (χ0n) is 19.7. The maximum Gasteiger partial charge on any atom is 0.243 e. The van der Waals surface area contributed by atoms with Gasteiger partial charge in [-0.05, 0) is 43.0 Å². The minimum atomic E-state index is -0.498. The molecule has 2 aromatic carbocycles. The number of ether oxygens (including phenoxy) is 1. The fraction of sp³-hybridized carbons (Fsp3) is 0.462. The van der Waals surface area contributed by atoms with Crippen molar-refractivity contribution in [3.8, 4) is 5.75 Å². The summed E-state index contributed by atoms with van der Waals surface area (Å²) in [6, 6.07) is 17.5. The molecule has 174 valence electrons. The lowest BCUT2D eigenvalue weighted by Crippen LogP contribution is -2.50. The summed E-state index contributed by atoms with van der Waals surface area (Å²) in [5.74, 6) is 2.24. The number of thioether (sulfide) groups is 1. The van der Waals surface area contributed by atoms with E-state index in [-0.39, 0.29) is 17.9 Å². The molecule has 0 aliphatic heterocycles. The van der Waals surface area contributed by atoms with Gasteiger partial charge in [0.1, 0.15) is 11.8 Å². The Kier molecular flexibility index (Phi) is 11.2. The van der Waals surface area contributed by atoms with E-state index in [0.29, 0.717) is 25.1 Å². The lowest BCUT2D eigenvalue weighted by atomic mass is 10.1. The van der Waals surface area contributed by atoms with Gasteiger partial charge < -0.3 is 15.0 Å². The van der Waals surface area contributed by atoms with Gasteiger partial charge in [0.05, 0.1) is 7.11 Å². The third-order valence-corrected chi connectivity index (χ3v) is 6.48. The molecular formula is C26H36N2O3S. The largest absolute Gasteiger partial charge is 0.497 e. The molecule has 0 heterocycles. The van der Waals surface area contributed by atoms with E-state index in [1.165, 1.54) is 5.56 Å². The Hall–Kier alpha value is -2.47. The summed E-state index contributed by atoms with van der Waals surface area (Å²) in [7, 11) is 1.63. The second-order valence-corrected chi connectivity index (χ2v) is 9.01. The van der Waals surface area contributed by atoms with Crippen LogP contribution >= 0.6 is 11.8 Å². The average molecular weight is 457 g/mol. The van der Waals surface area contributed by atoms with Crippen molar-refractivity contribution in [1.82, 2.24) is 10.2 Å². The third kappa shape index (κ3) is 8.23. The van der Waals surface area contributed by atoms with Crippen LogP contribution in [0.3, 0.4) is 0 Å². The number of rotatable bonds is 13. The molecule has 6 heteroatoms. The highest BCUT2D eigenvalue weighted by Gasteiger charge is 2.29. The molecule has 0 radical (unpaired) electrons. The number of carbonyl (C=O) groups excluding carboxylic acids is 2. The van der Waals surface area contributed by atoms with Gasteiger partial charge in [0.2, 0.25) is 11.8 Å². The standard InChI is InChI=1S/C26H36N2O3S/c1-5-20(3)27-26(30)24(6-2)28(18-22-13-10-14-23(17-22)31-4)25(29)15-16-32-19-21-11-8-7-9-12-21/h7-14,17,20,24H,5-6,15-16,18-19H2,1-4H3,(H,27,30)/t20-,24+/m1/s1.